The standard InChI is InChI=1S/C12H17FN2O3/c1-12(10(14)16,11(17-2)18-3)15-9-7-5-4-6-8(9)13/h4-7,11,15H,1-3H3,(H2,14,16). The molecule has 18 heavy (non-hydrogen) atoms. The second-order valence-corrected chi connectivity index (χ2v) is 3.97. The third-order valence-electron chi connectivity index (χ3n) is 2.68. The van der Waals surface area contributed by atoms with Crippen LogP contribution in [0.3, 0.4) is 0 Å². The van der Waals surface area contributed by atoms with Crippen molar-refractivity contribution in [1.29, 1.82) is 0 Å². The smallest absolute Gasteiger partial charge is 0.248 e. The second kappa shape index (κ2) is 5.79. The number of para-hydroxylation sites is 1. The van der Waals surface area contributed by atoms with Crippen molar-refractivity contribution in [2.75, 3.05) is 19.5 Å². The van der Waals surface area contributed by atoms with Gasteiger partial charge in [0.25, 0.3) is 0 Å². The fourth-order valence-electron chi connectivity index (χ4n) is 1.65. The maximum Gasteiger partial charge on any atom is 0.248 e. The van der Waals surface area contributed by atoms with E-state index in [0.29, 0.717) is 0 Å². The van der Waals surface area contributed by atoms with Crippen molar-refractivity contribution in [2.45, 2.75) is 18.8 Å². The molecule has 0 bridgehead atoms. The molecule has 0 radical (unpaired) electrons. The molecule has 5 nitrogen and oxygen atoms in total. The highest BCUT2D eigenvalue weighted by molar-refractivity contribution is 5.88. The molecule has 1 atom stereocenters. The van der Waals surface area contributed by atoms with E-state index in [-0.39, 0.29) is 5.69 Å². The molecule has 100 valence electrons. The molecule has 0 aromatic heterocycles. The Bertz CT molecular complexity index is 424. The van der Waals surface area contributed by atoms with Gasteiger partial charge in [-0.2, -0.15) is 0 Å². The van der Waals surface area contributed by atoms with Gasteiger partial charge in [0, 0.05) is 14.2 Å². The molecule has 0 aliphatic carbocycles. The Morgan fingerprint density at radius 2 is 1.94 bits per heavy atom. The van der Waals surface area contributed by atoms with Crippen LogP contribution in [0.1, 0.15) is 6.92 Å². The van der Waals surface area contributed by atoms with Crippen LogP contribution in [0, 0.1) is 5.82 Å². The molecular weight excluding hydrogens is 239 g/mol. The van der Waals surface area contributed by atoms with Crippen LogP contribution >= 0.6 is 0 Å². The molecule has 1 rings (SSSR count). The summed E-state index contributed by atoms with van der Waals surface area (Å²) in [5.74, 6) is -1.20. The van der Waals surface area contributed by atoms with Gasteiger partial charge in [-0.25, -0.2) is 4.39 Å². The van der Waals surface area contributed by atoms with Gasteiger partial charge < -0.3 is 20.5 Å². The van der Waals surface area contributed by atoms with E-state index in [1.165, 1.54) is 33.3 Å². The first kappa shape index (κ1) is 14.4. The first-order valence-electron chi connectivity index (χ1n) is 5.34. The fourth-order valence-corrected chi connectivity index (χ4v) is 1.65. The lowest BCUT2D eigenvalue weighted by molar-refractivity contribution is -0.155. The normalized spacial score (nSPS) is 14.3. The Kier molecular flexibility index (Phi) is 4.63. The number of amides is 1. The number of nitrogens with two attached hydrogens (primary N) is 1. The number of hydrogen-bond acceptors (Lipinski definition) is 4. The average Bonchev–Trinajstić information content (AvgIpc) is 2.33. The van der Waals surface area contributed by atoms with E-state index < -0.39 is 23.6 Å². The van der Waals surface area contributed by atoms with Gasteiger partial charge >= 0.3 is 0 Å². The summed E-state index contributed by atoms with van der Waals surface area (Å²) >= 11 is 0. The molecule has 0 heterocycles. The predicted molar refractivity (Wildman–Crippen MR) is 65.4 cm³/mol. The Balaban J connectivity index is 3.07. The lowest BCUT2D eigenvalue weighted by Gasteiger charge is -2.34. The summed E-state index contributed by atoms with van der Waals surface area (Å²) in [6, 6.07) is 5.96. The zero-order chi connectivity index (χ0) is 13.8. The number of carbonyl (C=O) groups is 1. The number of halogens is 1. The van der Waals surface area contributed by atoms with Crippen molar-refractivity contribution in [3.63, 3.8) is 0 Å². The summed E-state index contributed by atoms with van der Waals surface area (Å²) in [6.07, 6.45) is -0.936. The van der Waals surface area contributed by atoms with E-state index in [2.05, 4.69) is 5.32 Å². The molecule has 1 aromatic carbocycles. The third-order valence-corrected chi connectivity index (χ3v) is 2.68. The van der Waals surface area contributed by atoms with Crippen molar-refractivity contribution < 1.29 is 18.7 Å². The minimum atomic E-state index is -1.38. The Morgan fingerprint density at radius 3 is 2.39 bits per heavy atom. The van der Waals surface area contributed by atoms with E-state index in [4.69, 9.17) is 15.2 Å². The number of carbonyl (C=O) groups excluding carboxylic acids is 1. The minimum absolute atomic E-state index is 0.151. The Labute approximate surface area is 105 Å². The number of anilines is 1. The zero-order valence-corrected chi connectivity index (χ0v) is 10.6. The summed E-state index contributed by atoms with van der Waals surface area (Å²) < 4.78 is 23.6. The van der Waals surface area contributed by atoms with E-state index >= 15 is 0 Å². The molecule has 0 aliphatic heterocycles. The molecule has 0 aliphatic rings. The van der Waals surface area contributed by atoms with Gasteiger partial charge in [-0.15, -0.1) is 0 Å². The van der Waals surface area contributed by atoms with E-state index in [1.807, 2.05) is 0 Å². The first-order valence-corrected chi connectivity index (χ1v) is 5.34. The number of hydrogen-bond donors (Lipinski definition) is 2. The largest absolute Gasteiger partial charge is 0.367 e. The van der Waals surface area contributed by atoms with Crippen LogP contribution in [-0.2, 0) is 14.3 Å². The van der Waals surface area contributed by atoms with Crippen LogP contribution in [0.4, 0.5) is 10.1 Å². The molecule has 0 saturated carbocycles. The molecule has 3 N–H and O–H groups in total. The summed E-state index contributed by atoms with van der Waals surface area (Å²) in [4.78, 5) is 11.6. The quantitative estimate of drug-likeness (QED) is 0.747. The molecule has 0 spiro atoms. The first-order chi connectivity index (χ1) is 8.45. The van der Waals surface area contributed by atoms with Crippen LogP contribution < -0.4 is 11.1 Å². The van der Waals surface area contributed by atoms with Crippen LogP contribution in [0.25, 0.3) is 0 Å². The van der Waals surface area contributed by atoms with Gasteiger partial charge in [0.05, 0.1) is 5.69 Å². The van der Waals surface area contributed by atoms with Crippen molar-refractivity contribution in [2.24, 2.45) is 5.73 Å². The number of rotatable bonds is 6. The van der Waals surface area contributed by atoms with Crippen LogP contribution in [0.2, 0.25) is 0 Å². The monoisotopic (exact) mass is 256 g/mol. The van der Waals surface area contributed by atoms with Crippen molar-refractivity contribution >= 4 is 11.6 Å². The van der Waals surface area contributed by atoms with E-state index in [1.54, 1.807) is 12.1 Å². The van der Waals surface area contributed by atoms with Crippen molar-refractivity contribution in [1.82, 2.24) is 0 Å². The molecule has 6 heteroatoms. The zero-order valence-electron chi connectivity index (χ0n) is 10.6. The number of primary amides is 1. The lowest BCUT2D eigenvalue weighted by Crippen LogP contribution is -2.58. The SMILES string of the molecule is COC(OC)C(C)(Nc1ccccc1F)C(N)=O. The highest BCUT2D eigenvalue weighted by atomic mass is 19.1. The summed E-state index contributed by atoms with van der Waals surface area (Å²) in [7, 11) is 2.75. The van der Waals surface area contributed by atoms with E-state index in [0.717, 1.165) is 0 Å². The molecule has 0 fully saturated rings. The van der Waals surface area contributed by atoms with Crippen LogP contribution in [0.15, 0.2) is 24.3 Å². The topological polar surface area (TPSA) is 73.6 Å². The maximum atomic E-state index is 13.6. The van der Waals surface area contributed by atoms with Crippen molar-refractivity contribution in [3.8, 4) is 0 Å². The summed E-state index contributed by atoms with van der Waals surface area (Å²) in [5, 5.41) is 2.73. The van der Waals surface area contributed by atoms with E-state index in [9.17, 15) is 9.18 Å². The molecule has 1 amide bonds. The molecule has 0 saturated heterocycles. The van der Waals surface area contributed by atoms with Gasteiger partial charge in [-0.3, -0.25) is 4.79 Å². The molecule has 1 unspecified atom stereocenters. The van der Waals surface area contributed by atoms with Gasteiger partial charge in [-0.1, -0.05) is 12.1 Å². The fraction of sp³-hybridized carbons (Fsp3) is 0.417. The lowest BCUT2D eigenvalue weighted by atomic mass is 10.00. The predicted octanol–water partition coefficient (Wildman–Crippen LogP) is 1.10. The molecule has 1 aromatic rings. The number of ether oxygens (including phenoxy) is 2. The van der Waals surface area contributed by atoms with Gasteiger partial charge in [0.2, 0.25) is 5.91 Å². The minimum Gasteiger partial charge on any atom is -0.367 e. The van der Waals surface area contributed by atoms with Gasteiger partial charge in [0.15, 0.2) is 11.8 Å². The van der Waals surface area contributed by atoms with Gasteiger partial charge in [-0.05, 0) is 19.1 Å². The highest BCUT2D eigenvalue weighted by Crippen LogP contribution is 2.23. The summed E-state index contributed by atoms with van der Waals surface area (Å²) in [5.41, 5.74) is 4.10. The van der Waals surface area contributed by atoms with Crippen LogP contribution in [0.5, 0.6) is 0 Å². The maximum absolute atomic E-state index is 13.6. The Morgan fingerprint density at radius 1 is 1.39 bits per heavy atom. The second-order valence-electron chi connectivity index (χ2n) is 3.97. The van der Waals surface area contributed by atoms with Crippen molar-refractivity contribution in [3.05, 3.63) is 30.1 Å². The number of benzene rings is 1. The number of nitrogens with one attached hydrogen (secondary N) is 1. The average molecular weight is 256 g/mol. The Hall–Kier alpha value is -1.66. The number of methoxy groups -OCH3 is 2. The van der Waals surface area contributed by atoms with Gasteiger partial charge in [0.1, 0.15) is 5.82 Å². The van der Waals surface area contributed by atoms with Crippen LogP contribution in [-0.4, -0.2) is 32.0 Å². The molecular formula is C12H17FN2O3. The third kappa shape index (κ3) is 2.77. The highest BCUT2D eigenvalue weighted by Gasteiger charge is 2.41. The summed E-state index contributed by atoms with van der Waals surface area (Å²) in [6.45, 7) is 1.49.